The molecule has 1 N–H and O–H groups in total. The predicted octanol–water partition coefficient (Wildman–Crippen LogP) is 3.51. The molecule has 21 heavy (non-hydrogen) atoms. The number of nitrogens with zero attached hydrogens (tertiary/aromatic N) is 1. The maximum absolute atomic E-state index is 10.5. The van der Waals surface area contributed by atoms with Gasteiger partial charge in [0.05, 0.1) is 13.2 Å². The molecular formula is C17H29NO3. The van der Waals surface area contributed by atoms with E-state index in [0.717, 1.165) is 11.9 Å². The Hall–Kier alpha value is -1.42. The number of allylic oxidation sites excluding steroid dienone is 2. The first kappa shape index (κ1) is 19.6. The molecule has 3 atom stereocenters. The number of aliphatic imine (C=N–C) groups is 1. The van der Waals surface area contributed by atoms with Crippen molar-refractivity contribution in [2.24, 2.45) is 16.8 Å². The zero-order chi connectivity index (χ0) is 16.3. The maximum atomic E-state index is 10.5. The molecular weight excluding hydrogens is 266 g/mol. The van der Waals surface area contributed by atoms with E-state index in [1.807, 2.05) is 26.8 Å². The second kappa shape index (κ2) is 11.3. The van der Waals surface area contributed by atoms with Crippen LogP contribution in [0, 0.1) is 11.8 Å². The molecule has 0 bridgehead atoms. The molecule has 4 heteroatoms. The van der Waals surface area contributed by atoms with E-state index in [1.165, 1.54) is 0 Å². The lowest BCUT2D eigenvalue weighted by Crippen LogP contribution is -2.19. The Labute approximate surface area is 128 Å². The van der Waals surface area contributed by atoms with Crippen LogP contribution in [0.2, 0.25) is 0 Å². The summed E-state index contributed by atoms with van der Waals surface area (Å²) in [4.78, 5) is 14.6. The molecule has 4 nitrogen and oxygen atoms in total. The van der Waals surface area contributed by atoms with E-state index in [4.69, 9.17) is 4.74 Å². The van der Waals surface area contributed by atoms with Crippen molar-refractivity contribution in [3.8, 4) is 0 Å². The molecule has 1 rings (SSSR count). The Morgan fingerprint density at radius 3 is 2.57 bits per heavy atom. The van der Waals surface area contributed by atoms with Crippen LogP contribution >= 0.6 is 0 Å². The minimum atomic E-state index is -0.497. The van der Waals surface area contributed by atoms with E-state index in [0.29, 0.717) is 31.1 Å². The van der Waals surface area contributed by atoms with Crippen molar-refractivity contribution in [3.05, 3.63) is 23.6 Å². The van der Waals surface area contributed by atoms with Gasteiger partial charge in [0.15, 0.2) is 0 Å². The Morgan fingerprint density at radius 1 is 1.33 bits per heavy atom. The van der Waals surface area contributed by atoms with Crippen molar-refractivity contribution in [3.63, 3.8) is 0 Å². The number of ether oxygens (including phenoxy) is 1. The molecule has 120 valence electrons. The van der Waals surface area contributed by atoms with Gasteiger partial charge >= 0.3 is 0 Å². The fourth-order valence-electron chi connectivity index (χ4n) is 2.02. The lowest BCUT2D eigenvalue weighted by Gasteiger charge is -2.22. The van der Waals surface area contributed by atoms with Crippen LogP contribution in [-0.4, -0.2) is 30.8 Å². The van der Waals surface area contributed by atoms with Crippen molar-refractivity contribution >= 4 is 12.5 Å². The maximum Gasteiger partial charge on any atom is 0.212 e. The van der Waals surface area contributed by atoms with Crippen LogP contribution in [0.4, 0.5) is 0 Å². The molecule has 0 saturated carbocycles. The Balaban J connectivity index is 0.00000191. The van der Waals surface area contributed by atoms with Crippen LogP contribution in [0.25, 0.3) is 0 Å². The highest BCUT2D eigenvalue weighted by molar-refractivity contribution is 5.64. The standard InChI is InChI=1S/C15H23NO3.C2H6/c1-11(7-9-17)12(2)10-14(18)13-4-5-15(19-3)16-8-6-13;1-2/h4-5,8-9,11-12,14,18H,6-7,10H2,1-3H3;1-2H3. The number of methoxy groups -OCH3 is 1. The zero-order valence-electron chi connectivity index (χ0n) is 13.9. The van der Waals surface area contributed by atoms with Crippen LogP contribution < -0.4 is 0 Å². The van der Waals surface area contributed by atoms with Gasteiger partial charge in [0.1, 0.15) is 6.29 Å². The van der Waals surface area contributed by atoms with Crippen molar-refractivity contribution in [2.45, 2.75) is 53.1 Å². The summed E-state index contributed by atoms with van der Waals surface area (Å²) in [6.45, 7) is 8.11. The summed E-state index contributed by atoms with van der Waals surface area (Å²) in [5.74, 6) is 1.13. The first-order valence-corrected chi connectivity index (χ1v) is 7.67. The van der Waals surface area contributed by atoms with Gasteiger partial charge in [-0.25, -0.2) is 4.99 Å². The molecule has 1 heterocycles. The first-order chi connectivity index (χ1) is 10.1. The number of aldehydes is 1. The van der Waals surface area contributed by atoms with Gasteiger partial charge in [-0.05, 0) is 23.8 Å². The minimum absolute atomic E-state index is 0.289. The van der Waals surface area contributed by atoms with E-state index < -0.39 is 6.10 Å². The van der Waals surface area contributed by atoms with Crippen LogP contribution in [-0.2, 0) is 9.53 Å². The molecule has 0 spiro atoms. The third-order valence-corrected chi connectivity index (χ3v) is 3.66. The van der Waals surface area contributed by atoms with Gasteiger partial charge in [0.2, 0.25) is 5.88 Å². The molecule has 0 saturated heterocycles. The topological polar surface area (TPSA) is 58.9 Å². The third-order valence-electron chi connectivity index (χ3n) is 3.66. The van der Waals surface area contributed by atoms with Gasteiger partial charge in [-0.2, -0.15) is 0 Å². The van der Waals surface area contributed by atoms with Crippen LogP contribution in [0.1, 0.15) is 47.0 Å². The summed E-state index contributed by atoms with van der Waals surface area (Å²) in [5, 5.41) is 10.3. The summed E-state index contributed by atoms with van der Waals surface area (Å²) in [6.07, 6.45) is 7.65. The van der Waals surface area contributed by atoms with Crippen molar-refractivity contribution < 1.29 is 14.6 Å². The highest BCUT2D eigenvalue weighted by Gasteiger charge is 2.19. The van der Waals surface area contributed by atoms with Crippen LogP contribution in [0.5, 0.6) is 0 Å². The van der Waals surface area contributed by atoms with Gasteiger partial charge in [0, 0.05) is 25.1 Å². The van der Waals surface area contributed by atoms with Gasteiger partial charge in [-0.1, -0.05) is 33.8 Å². The number of aliphatic hydroxyl groups excluding tert-OH is 1. The predicted molar refractivity (Wildman–Crippen MR) is 87.3 cm³/mol. The number of rotatable bonds is 7. The normalized spacial score (nSPS) is 18.2. The summed E-state index contributed by atoms with van der Waals surface area (Å²) < 4.78 is 5.05. The minimum Gasteiger partial charge on any atom is -0.481 e. The average Bonchev–Trinajstić information content (AvgIpc) is 2.74. The van der Waals surface area contributed by atoms with Gasteiger partial charge in [-0.3, -0.25) is 0 Å². The smallest absolute Gasteiger partial charge is 0.212 e. The molecule has 0 radical (unpaired) electrons. The van der Waals surface area contributed by atoms with Crippen molar-refractivity contribution in [1.82, 2.24) is 0 Å². The fourth-order valence-corrected chi connectivity index (χ4v) is 2.02. The summed E-state index contributed by atoms with van der Waals surface area (Å²) in [7, 11) is 1.57. The van der Waals surface area contributed by atoms with Gasteiger partial charge in [0.25, 0.3) is 0 Å². The molecule has 3 unspecified atom stereocenters. The second-order valence-corrected chi connectivity index (χ2v) is 5.07. The highest BCUT2D eigenvalue weighted by atomic mass is 16.5. The van der Waals surface area contributed by atoms with Crippen molar-refractivity contribution in [1.29, 1.82) is 0 Å². The number of carbonyl (C=O) groups is 1. The SMILES string of the molecule is CC.COC1=CC=C(C(O)CC(C)C(C)CC=O)CC=N1. The second-order valence-electron chi connectivity index (χ2n) is 5.07. The van der Waals surface area contributed by atoms with Crippen LogP contribution in [0.3, 0.4) is 0 Å². The Bertz CT molecular complexity index is 385. The molecule has 0 aromatic rings. The van der Waals surface area contributed by atoms with E-state index in [-0.39, 0.29) is 5.92 Å². The number of hydrogen-bond donors (Lipinski definition) is 1. The van der Waals surface area contributed by atoms with Crippen molar-refractivity contribution in [2.75, 3.05) is 7.11 Å². The summed E-state index contributed by atoms with van der Waals surface area (Å²) in [6, 6.07) is 0. The molecule has 0 fully saturated rings. The zero-order valence-corrected chi connectivity index (χ0v) is 13.9. The summed E-state index contributed by atoms with van der Waals surface area (Å²) >= 11 is 0. The first-order valence-electron chi connectivity index (χ1n) is 7.67. The van der Waals surface area contributed by atoms with Crippen LogP contribution in [0.15, 0.2) is 28.6 Å². The number of hydrogen-bond acceptors (Lipinski definition) is 4. The monoisotopic (exact) mass is 295 g/mol. The highest BCUT2D eigenvalue weighted by Crippen LogP contribution is 2.24. The lowest BCUT2D eigenvalue weighted by molar-refractivity contribution is -0.108. The number of aliphatic hydroxyl groups is 1. The molecule has 0 amide bonds. The molecule has 0 aliphatic carbocycles. The fraction of sp³-hybridized carbons (Fsp3) is 0.647. The van der Waals surface area contributed by atoms with E-state index >= 15 is 0 Å². The Morgan fingerprint density at radius 2 is 2.00 bits per heavy atom. The number of carbonyl (C=O) groups excluding carboxylic acids is 1. The quantitative estimate of drug-likeness (QED) is 0.731. The Kier molecular flexibility index (Phi) is 10.5. The molecule has 0 aromatic heterocycles. The molecule has 0 aromatic carbocycles. The van der Waals surface area contributed by atoms with E-state index in [1.54, 1.807) is 19.4 Å². The van der Waals surface area contributed by atoms with E-state index in [9.17, 15) is 9.90 Å². The molecule has 1 aliphatic heterocycles. The molecule has 1 aliphatic rings. The summed E-state index contributed by atoms with van der Waals surface area (Å²) in [5.41, 5.74) is 0.931. The van der Waals surface area contributed by atoms with Gasteiger partial charge in [-0.15, -0.1) is 0 Å². The van der Waals surface area contributed by atoms with Gasteiger partial charge < -0.3 is 14.6 Å². The lowest BCUT2D eigenvalue weighted by atomic mass is 9.86. The third kappa shape index (κ3) is 7.23. The average molecular weight is 295 g/mol. The van der Waals surface area contributed by atoms with E-state index in [2.05, 4.69) is 11.9 Å². The largest absolute Gasteiger partial charge is 0.481 e.